The summed E-state index contributed by atoms with van der Waals surface area (Å²) in [4.78, 5) is 0. The van der Waals surface area contributed by atoms with Crippen LogP contribution in [0.25, 0.3) is 0 Å². The average Bonchev–Trinajstić information content (AvgIpc) is 2.21. The van der Waals surface area contributed by atoms with E-state index in [-0.39, 0.29) is 12.3 Å². The highest BCUT2D eigenvalue weighted by Crippen LogP contribution is 2.30. The molecule has 1 aliphatic heterocycles. The Balaban J connectivity index is 2.82. The minimum Gasteiger partial charge on any atom is -0.394 e. The van der Waals surface area contributed by atoms with Crippen LogP contribution in [0.5, 0.6) is 0 Å². The molecule has 15 heavy (non-hydrogen) atoms. The molecule has 7 heteroatoms. The third kappa shape index (κ3) is 2.42. The van der Waals surface area contributed by atoms with Crippen molar-refractivity contribution in [3.63, 3.8) is 0 Å². The Hall–Kier alpha value is 0.0500. The van der Waals surface area contributed by atoms with E-state index in [1.165, 1.54) is 0 Å². The van der Waals surface area contributed by atoms with Crippen molar-refractivity contribution in [1.82, 2.24) is 0 Å². The van der Waals surface area contributed by atoms with Gasteiger partial charge in [0.15, 0.2) is 5.79 Å². The highest BCUT2D eigenvalue weighted by atomic mass is 35.5. The zero-order valence-corrected chi connectivity index (χ0v) is 8.71. The summed E-state index contributed by atoms with van der Waals surface area (Å²) in [6.45, 7) is -0.574. The fourth-order valence-electron chi connectivity index (χ4n) is 1.56. The van der Waals surface area contributed by atoms with Crippen molar-refractivity contribution in [3.8, 4) is 0 Å². The molecule has 1 saturated heterocycles. The van der Waals surface area contributed by atoms with Gasteiger partial charge in [-0.3, -0.25) is 0 Å². The zero-order valence-electron chi connectivity index (χ0n) is 7.95. The third-order valence-electron chi connectivity index (χ3n) is 2.50. The minimum atomic E-state index is -2.03. The molecule has 0 amide bonds. The second-order valence-corrected chi connectivity index (χ2v) is 3.93. The number of alkyl halides is 1. The quantitative estimate of drug-likeness (QED) is 0.359. The van der Waals surface area contributed by atoms with Gasteiger partial charge < -0.3 is 30.3 Å². The maximum atomic E-state index is 9.79. The van der Waals surface area contributed by atoms with Crippen LogP contribution in [-0.4, -0.2) is 68.2 Å². The summed E-state index contributed by atoms with van der Waals surface area (Å²) in [5.74, 6) is -2.03. The molecular formula is C8H15ClO6. The van der Waals surface area contributed by atoms with E-state index in [1.807, 2.05) is 0 Å². The molecule has 0 saturated carbocycles. The lowest BCUT2D eigenvalue weighted by Crippen LogP contribution is -2.65. The predicted molar refractivity (Wildman–Crippen MR) is 50.3 cm³/mol. The summed E-state index contributed by atoms with van der Waals surface area (Å²) in [6.07, 6.45) is -5.94. The molecule has 0 aliphatic carbocycles. The van der Waals surface area contributed by atoms with Gasteiger partial charge in [-0.15, -0.1) is 11.6 Å². The molecular weight excluding hydrogens is 228 g/mol. The first-order chi connectivity index (χ1) is 6.96. The van der Waals surface area contributed by atoms with Crippen molar-refractivity contribution in [2.45, 2.75) is 36.6 Å². The zero-order chi connectivity index (χ0) is 11.6. The summed E-state index contributed by atoms with van der Waals surface area (Å²) in [6, 6.07) is 0. The first kappa shape index (κ1) is 13.1. The first-order valence-electron chi connectivity index (χ1n) is 4.57. The summed E-state index contributed by atoms with van der Waals surface area (Å²) in [5.41, 5.74) is 0. The average molecular weight is 243 g/mol. The van der Waals surface area contributed by atoms with Gasteiger partial charge in [-0.25, -0.2) is 0 Å². The number of aliphatic hydroxyl groups is 5. The number of hydrogen-bond donors (Lipinski definition) is 5. The van der Waals surface area contributed by atoms with E-state index in [0.29, 0.717) is 0 Å². The van der Waals surface area contributed by atoms with E-state index < -0.39 is 36.8 Å². The largest absolute Gasteiger partial charge is 0.394 e. The normalized spacial score (nSPS) is 46.8. The van der Waals surface area contributed by atoms with Gasteiger partial charge in [0.25, 0.3) is 0 Å². The molecule has 0 aromatic rings. The van der Waals surface area contributed by atoms with Crippen LogP contribution in [0, 0.1) is 0 Å². The number of hydrogen-bond acceptors (Lipinski definition) is 6. The van der Waals surface area contributed by atoms with Gasteiger partial charge in [0.05, 0.1) is 6.61 Å². The summed E-state index contributed by atoms with van der Waals surface area (Å²) >= 11 is 5.41. The Morgan fingerprint density at radius 3 is 2.27 bits per heavy atom. The maximum Gasteiger partial charge on any atom is 0.196 e. The van der Waals surface area contributed by atoms with Crippen LogP contribution in [0.15, 0.2) is 0 Å². The molecule has 0 radical (unpaired) electrons. The van der Waals surface area contributed by atoms with Gasteiger partial charge in [0.1, 0.15) is 24.4 Å². The van der Waals surface area contributed by atoms with E-state index in [9.17, 15) is 20.4 Å². The first-order valence-corrected chi connectivity index (χ1v) is 5.11. The fourth-order valence-corrected chi connectivity index (χ4v) is 1.83. The van der Waals surface area contributed by atoms with Crippen LogP contribution in [0.1, 0.15) is 6.42 Å². The second kappa shape index (κ2) is 4.92. The lowest BCUT2D eigenvalue weighted by Gasteiger charge is -2.45. The van der Waals surface area contributed by atoms with E-state index in [0.717, 1.165) is 0 Å². The highest BCUT2D eigenvalue weighted by Gasteiger charge is 2.51. The Bertz CT molecular complexity index is 213. The van der Waals surface area contributed by atoms with Crippen LogP contribution >= 0.6 is 11.6 Å². The second-order valence-electron chi connectivity index (χ2n) is 3.55. The van der Waals surface area contributed by atoms with Gasteiger partial charge >= 0.3 is 0 Å². The molecule has 0 bridgehead atoms. The molecule has 0 unspecified atom stereocenters. The van der Waals surface area contributed by atoms with Gasteiger partial charge in [0.2, 0.25) is 0 Å². The van der Waals surface area contributed by atoms with Crippen molar-refractivity contribution < 1.29 is 30.3 Å². The lowest BCUT2D eigenvalue weighted by atomic mass is 9.91. The number of halogens is 1. The molecule has 5 atom stereocenters. The Morgan fingerprint density at radius 2 is 1.80 bits per heavy atom. The van der Waals surface area contributed by atoms with Gasteiger partial charge in [-0.1, -0.05) is 0 Å². The van der Waals surface area contributed by atoms with Gasteiger partial charge in [-0.2, -0.15) is 0 Å². The van der Waals surface area contributed by atoms with Crippen LogP contribution in [0.4, 0.5) is 0 Å². The number of aliphatic hydroxyl groups excluding tert-OH is 4. The molecule has 1 rings (SSSR count). The third-order valence-corrected chi connectivity index (χ3v) is 2.69. The summed E-state index contributed by atoms with van der Waals surface area (Å²) in [5, 5.41) is 46.9. The van der Waals surface area contributed by atoms with Crippen LogP contribution in [0.3, 0.4) is 0 Å². The van der Waals surface area contributed by atoms with Crippen LogP contribution in [0.2, 0.25) is 0 Å². The van der Waals surface area contributed by atoms with Crippen molar-refractivity contribution in [3.05, 3.63) is 0 Å². The molecule has 6 nitrogen and oxygen atoms in total. The van der Waals surface area contributed by atoms with E-state index in [4.69, 9.17) is 21.4 Å². The Kier molecular flexibility index (Phi) is 4.30. The number of ether oxygens (including phenoxy) is 1. The molecule has 0 aromatic carbocycles. The van der Waals surface area contributed by atoms with Crippen LogP contribution in [-0.2, 0) is 4.74 Å². The van der Waals surface area contributed by atoms with Crippen molar-refractivity contribution >= 4 is 11.6 Å². The molecule has 0 aromatic heterocycles. The SMILES string of the molecule is OC[C@H]1O[C@@](O)(CCCl)[C@@H](O)[C@@H](O)[C@@H]1O. The van der Waals surface area contributed by atoms with Gasteiger partial charge in [0, 0.05) is 12.3 Å². The minimum absolute atomic E-state index is 0.00846. The highest BCUT2D eigenvalue weighted by molar-refractivity contribution is 6.17. The molecule has 1 aliphatic rings. The van der Waals surface area contributed by atoms with E-state index in [1.54, 1.807) is 0 Å². The Labute approximate surface area is 91.7 Å². The molecule has 1 fully saturated rings. The van der Waals surface area contributed by atoms with Gasteiger partial charge in [-0.05, 0) is 0 Å². The molecule has 5 N–H and O–H groups in total. The topological polar surface area (TPSA) is 110 Å². The van der Waals surface area contributed by atoms with Crippen LogP contribution < -0.4 is 0 Å². The molecule has 0 spiro atoms. The number of rotatable bonds is 3. The standard InChI is InChI=1S/C8H15ClO6/c9-2-1-8(14)7(13)6(12)5(11)4(3-10)15-8/h4-7,10-14H,1-3H2/t4-,5-,6+,7+,8+/m1/s1. The Morgan fingerprint density at radius 1 is 1.20 bits per heavy atom. The van der Waals surface area contributed by atoms with Crippen molar-refractivity contribution in [2.24, 2.45) is 0 Å². The predicted octanol–water partition coefficient (Wildman–Crippen LogP) is -2.22. The summed E-state index contributed by atoms with van der Waals surface area (Å²) in [7, 11) is 0. The molecule has 90 valence electrons. The monoisotopic (exact) mass is 242 g/mol. The van der Waals surface area contributed by atoms with E-state index in [2.05, 4.69) is 0 Å². The maximum absolute atomic E-state index is 9.79. The van der Waals surface area contributed by atoms with E-state index >= 15 is 0 Å². The van der Waals surface area contributed by atoms with Crippen molar-refractivity contribution in [1.29, 1.82) is 0 Å². The summed E-state index contributed by atoms with van der Waals surface area (Å²) < 4.78 is 4.92. The molecule has 1 heterocycles. The van der Waals surface area contributed by atoms with Crippen molar-refractivity contribution in [2.75, 3.05) is 12.5 Å². The smallest absolute Gasteiger partial charge is 0.196 e. The lowest BCUT2D eigenvalue weighted by molar-refractivity contribution is -0.349. The fraction of sp³-hybridized carbons (Fsp3) is 1.00.